The summed E-state index contributed by atoms with van der Waals surface area (Å²) in [5, 5.41) is 22.6. The molecule has 0 amide bonds. The molecular weight excluding hydrogens is 605 g/mol. The summed E-state index contributed by atoms with van der Waals surface area (Å²) < 4.78 is 0. The van der Waals surface area contributed by atoms with Gasteiger partial charge in [-0.3, -0.25) is 16.2 Å². The van der Waals surface area contributed by atoms with Crippen LogP contribution in [0.2, 0.25) is 0 Å². The van der Waals surface area contributed by atoms with Gasteiger partial charge in [-0.2, -0.15) is 6.42 Å². The first-order valence-corrected chi connectivity index (χ1v) is 10.6. The zero-order valence-corrected chi connectivity index (χ0v) is 35.6. The fourth-order valence-electron chi connectivity index (χ4n) is 3.74. The molecular formula is C22H30K4N4O8-2. The van der Waals surface area contributed by atoms with Crippen molar-refractivity contribution in [3.05, 3.63) is 29.6 Å². The van der Waals surface area contributed by atoms with Gasteiger partial charge in [0.05, 0.1) is 23.4 Å². The standard InChI is InChI=1S/C22H30N4O6.4K.2H2O/c1-24-9-11-25(19(16-28)6-3-13-27)14-17-4-2-5-18(23-17)15-26(12-10-24)20(22(31)32)7-8-21(29)30;;;;;;/h2,4-5,19-20H,3,6-12,14-15H2,1H3,(H,29,30)(H,31,32);;;;;2*1H2/q-2;4*+1;;/p-4/t19-,20-;;;;;;/m0....../s1. The van der Waals surface area contributed by atoms with Gasteiger partial charge in [0.25, 0.3) is 0 Å². The first-order chi connectivity index (χ1) is 15.3. The van der Waals surface area contributed by atoms with Gasteiger partial charge in [-0.05, 0) is 32.0 Å². The van der Waals surface area contributed by atoms with Crippen LogP contribution in [0.3, 0.4) is 0 Å². The second-order valence-corrected chi connectivity index (χ2v) is 7.93. The number of carboxylic acid groups (broad SMARTS) is 2. The minimum atomic E-state index is -1.33. The summed E-state index contributed by atoms with van der Waals surface area (Å²) in [5.41, 5.74) is 1.32. The summed E-state index contributed by atoms with van der Waals surface area (Å²) >= 11 is 0. The van der Waals surface area contributed by atoms with E-state index in [1.54, 1.807) is 17.0 Å². The average Bonchev–Trinajstić information content (AvgIpc) is 2.75. The molecule has 0 aromatic carbocycles. The van der Waals surface area contributed by atoms with E-state index >= 15 is 0 Å². The molecule has 0 fully saturated rings. The number of nitrogens with zero attached hydrogens (tertiary/aromatic N) is 4. The molecule has 2 heterocycles. The Labute approximate surface area is 394 Å². The van der Waals surface area contributed by atoms with Gasteiger partial charge in [-0.1, -0.05) is 18.5 Å². The smallest absolute Gasteiger partial charge is 0.870 e. The van der Waals surface area contributed by atoms with E-state index in [1.807, 2.05) is 35.5 Å². The SMILES string of the molecule is CN1CCN([C@H]([C-]=O)CC[C-]=O)Cc2cccc(n2)CN([C@@H](CCC(=O)[O-])C(=O)[O-])CC1.[K+].[K+].[K+].[K+].[OH-].[OH-]. The van der Waals surface area contributed by atoms with Crippen molar-refractivity contribution >= 4 is 24.5 Å². The topological polar surface area (TPSA) is 197 Å². The Hall–Kier alpha value is 3.78. The van der Waals surface area contributed by atoms with Crippen LogP contribution in [0, 0.1) is 0 Å². The van der Waals surface area contributed by atoms with Crippen LogP contribution >= 0.6 is 0 Å². The molecule has 1 aliphatic rings. The van der Waals surface area contributed by atoms with E-state index in [2.05, 4.69) is 4.98 Å². The van der Waals surface area contributed by atoms with E-state index < -0.39 is 24.0 Å². The van der Waals surface area contributed by atoms with Crippen LogP contribution in [0.15, 0.2) is 18.2 Å². The Kier molecular flexibility index (Phi) is 39.8. The van der Waals surface area contributed by atoms with Crippen molar-refractivity contribution < 1.29 is 246 Å². The number of pyridine rings is 1. The van der Waals surface area contributed by atoms with Crippen LogP contribution in [-0.4, -0.2) is 100 Å². The molecule has 1 aromatic rings. The van der Waals surface area contributed by atoms with Gasteiger partial charge in [0.15, 0.2) is 0 Å². The maximum Gasteiger partial charge on any atom is 1.00 e. The molecule has 0 unspecified atom stereocenters. The van der Waals surface area contributed by atoms with Crippen LogP contribution in [-0.2, 0) is 32.3 Å². The molecule has 1 aromatic heterocycles. The number of hydrogen-bond acceptors (Lipinski definition) is 12. The summed E-state index contributed by atoms with van der Waals surface area (Å²) in [4.78, 5) is 55.0. The first kappa shape index (κ1) is 51.4. The zero-order chi connectivity index (χ0) is 23.5. The predicted molar refractivity (Wildman–Crippen MR) is 114 cm³/mol. The van der Waals surface area contributed by atoms with Crippen molar-refractivity contribution in [3.63, 3.8) is 0 Å². The summed E-state index contributed by atoms with van der Waals surface area (Å²) in [7, 11) is 1.88. The Balaban J connectivity index is -0.000000605. The summed E-state index contributed by atoms with van der Waals surface area (Å²) in [6, 6.07) is 3.75. The van der Waals surface area contributed by atoms with Gasteiger partial charge in [0.1, 0.15) is 0 Å². The van der Waals surface area contributed by atoms with E-state index in [-0.39, 0.29) is 242 Å². The van der Waals surface area contributed by atoms with Crippen LogP contribution in [0.4, 0.5) is 0 Å². The molecule has 0 radical (unpaired) electrons. The van der Waals surface area contributed by atoms with Gasteiger partial charge in [-0.15, -0.1) is 0 Å². The molecule has 16 heteroatoms. The first-order valence-electron chi connectivity index (χ1n) is 10.6. The predicted octanol–water partition coefficient (Wildman–Crippen LogP) is -14.7. The minimum Gasteiger partial charge on any atom is -0.870 e. The molecule has 38 heavy (non-hydrogen) atoms. The Bertz CT molecular complexity index is 812. The van der Waals surface area contributed by atoms with E-state index in [0.717, 1.165) is 0 Å². The number of fused-ring (bicyclic) bond motifs is 2. The molecule has 192 valence electrons. The van der Waals surface area contributed by atoms with Crippen LogP contribution in [0.5, 0.6) is 0 Å². The van der Waals surface area contributed by atoms with Gasteiger partial charge in [0, 0.05) is 45.2 Å². The molecule has 2 rings (SSSR count). The second kappa shape index (κ2) is 29.5. The summed E-state index contributed by atoms with van der Waals surface area (Å²) in [6.45, 7) is 2.56. The van der Waals surface area contributed by atoms with Gasteiger partial charge in [-0.25, -0.2) is 6.29 Å². The molecule has 0 spiro atoms. The normalized spacial score (nSPS) is 15.7. The molecule has 0 aliphatic carbocycles. The molecule has 0 saturated heterocycles. The zero-order valence-electron chi connectivity index (χ0n) is 23.1. The number of aliphatic carboxylic acids is 2. The number of carbonyl (C=O) groups is 2. The van der Waals surface area contributed by atoms with Crippen molar-refractivity contribution in [1.29, 1.82) is 0 Å². The van der Waals surface area contributed by atoms with Crippen LogP contribution in [0.1, 0.15) is 37.1 Å². The van der Waals surface area contributed by atoms with Crippen molar-refractivity contribution in [1.82, 2.24) is 19.7 Å². The summed E-state index contributed by atoms with van der Waals surface area (Å²) in [5.74, 6) is -2.64. The maximum atomic E-state index is 11.8. The number of aromatic nitrogens is 1. The van der Waals surface area contributed by atoms with E-state index in [1.165, 1.54) is 0 Å². The maximum absolute atomic E-state index is 11.8. The fourth-order valence-corrected chi connectivity index (χ4v) is 3.74. The molecule has 2 atom stereocenters. The second-order valence-electron chi connectivity index (χ2n) is 7.93. The van der Waals surface area contributed by atoms with Crippen molar-refractivity contribution in [3.8, 4) is 0 Å². The van der Waals surface area contributed by atoms with Crippen LogP contribution < -0.4 is 216 Å². The average molecular weight is 635 g/mol. The van der Waals surface area contributed by atoms with Gasteiger partial charge >= 0.3 is 206 Å². The van der Waals surface area contributed by atoms with Crippen molar-refractivity contribution in [2.24, 2.45) is 0 Å². The molecule has 12 nitrogen and oxygen atoms in total. The Morgan fingerprint density at radius 2 is 1.45 bits per heavy atom. The molecule has 0 saturated carbocycles. The molecule has 2 bridgehead atoms. The summed E-state index contributed by atoms with van der Waals surface area (Å²) in [6.07, 6.45) is 3.81. The Morgan fingerprint density at radius 1 is 0.921 bits per heavy atom. The van der Waals surface area contributed by atoms with Crippen molar-refractivity contribution in [2.45, 2.75) is 50.9 Å². The number of hydrogen-bond donors (Lipinski definition) is 0. The monoisotopic (exact) mass is 634 g/mol. The third kappa shape index (κ3) is 19.9. The van der Waals surface area contributed by atoms with Crippen LogP contribution in [0.25, 0.3) is 0 Å². The third-order valence-electron chi connectivity index (χ3n) is 5.56. The van der Waals surface area contributed by atoms with E-state index in [4.69, 9.17) is 0 Å². The fraction of sp³-hybridized carbons (Fsp3) is 0.591. The quantitative estimate of drug-likeness (QED) is 0.174. The Morgan fingerprint density at radius 3 is 1.92 bits per heavy atom. The number of carbonyl (C=O) groups excluding carboxylic acids is 4. The molecule has 1 aliphatic heterocycles. The number of carboxylic acids is 2. The van der Waals surface area contributed by atoms with E-state index in [9.17, 15) is 29.4 Å². The number of rotatable bonds is 10. The van der Waals surface area contributed by atoms with Gasteiger partial charge in [0.2, 0.25) is 0 Å². The molecule has 2 N–H and O–H groups in total. The van der Waals surface area contributed by atoms with Gasteiger partial charge < -0.3 is 50.1 Å². The minimum absolute atomic E-state index is 0. The van der Waals surface area contributed by atoms with Crippen molar-refractivity contribution in [2.75, 3.05) is 33.2 Å². The largest absolute Gasteiger partial charge is 1.00 e. The third-order valence-corrected chi connectivity index (χ3v) is 5.56. The van der Waals surface area contributed by atoms with E-state index in [0.29, 0.717) is 50.5 Å². The number of likely N-dealkylation sites (N-methyl/N-ethyl adjacent to an activating group) is 1.